The van der Waals surface area contributed by atoms with Crippen LogP contribution in [0, 0.1) is 12.8 Å². The molecule has 3 aromatic rings. The fourth-order valence-electron chi connectivity index (χ4n) is 3.58. The molecule has 0 heterocycles. The topological polar surface area (TPSA) is 49.4 Å². The number of carbonyl (C=O) groups is 2. The highest BCUT2D eigenvalue weighted by molar-refractivity contribution is 5.93. The minimum atomic E-state index is -0.0192. The van der Waals surface area contributed by atoms with E-state index in [1.807, 2.05) is 71.6 Å². The Balaban J connectivity index is 1.68. The summed E-state index contributed by atoms with van der Waals surface area (Å²) in [6.07, 6.45) is 0.806. The summed E-state index contributed by atoms with van der Waals surface area (Å²) in [6, 6.07) is 25.8. The average Bonchev–Trinajstić information content (AvgIpc) is 2.78. The third kappa shape index (κ3) is 6.81. The van der Waals surface area contributed by atoms with E-state index in [9.17, 15) is 9.59 Å². The van der Waals surface area contributed by atoms with Crippen molar-refractivity contribution < 1.29 is 9.59 Å². The Hall–Kier alpha value is -3.40. The molecule has 4 nitrogen and oxygen atoms in total. The maximum absolute atomic E-state index is 13.0. The van der Waals surface area contributed by atoms with E-state index in [1.165, 1.54) is 5.56 Å². The van der Waals surface area contributed by atoms with Crippen LogP contribution in [-0.2, 0) is 29.1 Å². The molecule has 0 aliphatic heterocycles. The predicted molar refractivity (Wildman–Crippen MR) is 130 cm³/mol. The van der Waals surface area contributed by atoms with Crippen LogP contribution in [0.4, 0.5) is 5.69 Å². The van der Waals surface area contributed by atoms with Gasteiger partial charge >= 0.3 is 0 Å². The molecule has 1 N–H and O–H groups in total. The van der Waals surface area contributed by atoms with Crippen LogP contribution in [0.25, 0.3) is 0 Å². The zero-order valence-corrected chi connectivity index (χ0v) is 19.2. The van der Waals surface area contributed by atoms with Gasteiger partial charge in [-0.1, -0.05) is 80.6 Å². The van der Waals surface area contributed by atoms with Crippen molar-refractivity contribution in [1.29, 1.82) is 0 Å². The van der Waals surface area contributed by atoms with Crippen LogP contribution in [0.2, 0.25) is 0 Å². The van der Waals surface area contributed by atoms with Crippen molar-refractivity contribution in [2.24, 2.45) is 5.92 Å². The third-order valence-electron chi connectivity index (χ3n) is 5.42. The smallest absolute Gasteiger partial charge is 0.227 e. The Bertz CT molecular complexity index is 1030. The van der Waals surface area contributed by atoms with E-state index in [-0.39, 0.29) is 17.7 Å². The lowest BCUT2D eigenvalue weighted by Gasteiger charge is -2.25. The van der Waals surface area contributed by atoms with Gasteiger partial charge in [-0.05, 0) is 47.2 Å². The van der Waals surface area contributed by atoms with E-state index in [4.69, 9.17) is 0 Å². The molecule has 3 rings (SSSR count). The zero-order chi connectivity index (χ0) is 22.9. The second kappa shape index (κ2) is 11.3. The summed E-state index contributed by atoms with van der Waals surface area (Å²) < 4.78 is 0. The van der Waals surface area contributed by atoms with Gasteiger partial charge in [0.25, 0.3) is 0 Å². The van der Waals surface area contributed by atoms with Gasteiger partial charge in [-0.2, -0.15) is 0 Å². The highest BCUT2D eigenvalue weighted by atomic mass is 16.2. The number of hydrogen-bond donors (Lipinski definition) is 1. The van der Waals surface area contributed by atoms with Gasteiger partial charge in [0, 0.05) is 18.7 Å². The molecule has 0 atom stereocenters. The molecule has 0 saturated heterocycles. The van der Waals surface area contributed by atoms with Crippen molar-refractivity contribution in [3.8, 4) is 0 Å². The highest BCUT2D eigenvalue weighted by Crippen LogP contribution is 2.22. The molecule has 0 fully saturated rings. The number of aryl methyl sites for hydroxylation is 1. The molecular formula is C28H32N2O2. The lowest BCUT2D eigenvalue weighted by molar-refractivity contribution is -0.121. The molecule has 0 bridgehead atoms. The van der Waals surface area contributed by atoms with Gasteiger partial charge in [0.05, 0.1) is 13.0 Å². The van der Waals surface area contributed by atoms with Gasteiger partial charge in [0.1, 0.15) is 0 Å². The Morgan fingerprint density at radius 3 is 2.16 bits per heavy atom. The predicted octanol–water partition coefficient (Wildman–Crippen LogP) is 5.43. The van der Waals surface area contributed by atoms with Gasteiger partial charge in [-0.15, -0.1) is 0 Å². The van der Waals surface area contributed by atoms with Crippen molar-refractivity contribution in [1.82, 2.24) is 5.32 Å². The van der Waals surface area contributed by atoms with E-state index < -0.39 is 0 Å². The van der Waals surface area contributed by atoms with E-state index in [0.717, 1.165) is 22.4 Å². The summed E-state index contributed by atoms with van der Waals surface area (Å²) in [5.41, 5.74) is 5.15. The molecule has 0 aliphatic carbocycles. The number of anilines is 1. The largest absolute Gasteiger partial charge is 0.352 e. The molecule has 2 amide bonds. The molecule has 0 aromatic heterocycles. The van der Waals surface area contributed by atoms with Crippen molar-refractivity contribution in [2.75, 3.05) is 4.90 Å². The van der Waals surface area contributed by atoms with E-state index in [1.54, 1.807) is 0 Å². The van der Waals surface area contributed by atoms with Crippen molar-refractivity contribution >= 4 is 17.5 Å². The number of nitrogens with one attached hydrogen (secondary N) is 1. The SMILES string of the molecule is Cc1ccccc1CN(C(=O)CC(C)C)c1ccc(CC(=O)NCc2ccccc2)cc1. The highest BCUT2D eigenvalue weighted by Gasteiger charge is 2.18. The number of carbonyl (C=O) groups excluding carboxylic acids is 2. The van der Waals surface area contributed by atoms with E-state index in [0.29, 0.717) is 25.9 Å². The maximum atomic E-state index is 13.0. The molecule has 0 radical (unpaired) electrons. The second-order valence-corrected chi connectivity index (χ2v) is 8.61. The molecule has 0 spiro atoms. The normalized spacial score (nSPS) is 10.8. The monoisotopic (exact) mass is 428 g/mol. The Morgan fingerprint density at radius 2 is 1.50 bits per heavy atom. The van der Waals surface area contributed by atoms with Gasteiger partial charge in [0.2, 0.25) is 11.8 Å². The lowest BCUT2D eigenvalue weighted by atomic mass is 10.1. The first-order valence-corrected chi connectivity index (χ1v) is 11.2. The Labute approximate surface area is 191 Å². The van der Waals surface area contributed by atoms with Crippen molar-refractivity contribution in [2.45, 2.75) is 46.7 Å². The van der Waals surface area contributed by atoms with Crippen molar-refractivity contribution in [3.05, 3.63) is 101 Å². The van der Waals surface area contributed by atoms with E-state index in [2.05, 4.69) is 38.2 Å². The molecule has 3 aromatic carbocycles. The molecule has 4 heteroatoms. The number of nitrogens with zero attached hydrogens (tertiary/aromatic N) is 1. The minimum absolute atomic E-state index is 0.0192. The van der Waals surface area contributed by atoms with Crippen LogP contribution >= 0.6 is 0 Å². The first-order valence-electron chi connectivity index (χ1n) is 11.2. The number of hydrogen-bond acceptors (Lipinski definition) is 2. The molecule has 166 valence electrons. The number of rotatable bonds is 9. The fraction of sp³-hybridized carbons (Fsp3) is 0.286. The number of amides is 2. The number of benzene rings is 3. The zero-order valence-electron chi connectivity index (χ0n) is 19.2. The molecule has 0 aliphatic rings. The summed E-state index contributed by atoms with van der Waals surface area (Å²) in [4.78, 5) is 27.2. The quantitative estimate of drug-likeness (QED) is 0.494. The van der Waals surface area contributed by atoms with Gasteiger partial charge in [-0.3, -0.25) is 9.59 Å². The van der Waals surface area contributed by atoms with Crippen LogP contribution in [0.3, 0.4) is 0 Å². The standard InChI is InChI=1S/C28H32N2O2/c1-21(2)17-28(32)30(20-25-12-8-7-9-22(25)3)26-15-13-23(14-16-26)18-27(31)29-19-24-10-5-4-6-11-24/h4-16,21H,17-20H2,1-3H3,(H,29,31). The average molecular weight is 429 g/mol. The Kier molecular flexibility index (Phi) is 8.20. The third-order valence-corrected chi connectivity index (χ3v) is 5.42. The van der Waals surface area contributed by atoms with Crippen molar-refractivity contribution in [3.63, 3.8) is 0 Å². The lowest BCUT2D eigenvalue weighted by Crippen LogP contribution is -2.31. The van der Waals surface area contributed by atoms with Crippen LogP contribution in [0.1, 0.15) is 42.5 Å². The first-order chi connectivity index (χ1) is 15.4. The summed E-state index contributed by atoms with van der Waals surface area (Å²) in [6.45, 7) is 7.24. The van der Waals surface area contributed by atoms with Gasteiger partial charge < -0.3 is 10.2 Å². The maximum Gasteiger partial charge on any atom is 0.227 e. The molecule has 0 saturated carbocycles. The van der Waals surface area contributed by atoms with Crippen LogP contribution in [0.15, 0.2) is 78.9 Å². The molecule has 32 heavy (non-hydrogen) atoms. The summed E-state index contributed by atoms with van der Waals surface area (Å²) in [5.74, 6) is 0.375. The van der Waals surface area contributed by atoms with Crippen LogP contribution in [-0.4, -0.2) is 11.8 Å². The summed E-state index contributed by atoms with van der Waals surface area (Å²) >= 11 is 0. The van der Waals surface area contributed by atoms with Gasteiger partial charge in [-0.25, -0.2) is 0 Å². The second-order valence-electron chi connectivity index (χ2n) is 8.61. The minimum Gasteiger partial charge on any atom is -0.352 e. The van der Waals surface area contributed by atoms with E-state index >= 15 is 0 Å². The van der Waals surface area contributed by atoms with Crippen LogP contribution < -0.4 is 10.2 Å². The molecule has 0 unspecified atom stereocenters. The Morgan fingerprint density at radius 1 is 0.844 bits per heavy atom. The van der Waals surface area contributed by atoms with Gasteiger partial charge in [0.15, 0.2) is 0 Å². The summed E-state index contributed by atoms with van der Waals surface area (Å²) in [7, 11) is 0. The summed E-state index contributed by atoms with van der Waals surface area (Å²) in [5, 5.41) is 2.96. The van der Waals surface area contributed by atoms with Crippen LogP contribution in [0.5, 0.6) is 0 Å². The first kappa shape index (κ1) is 23.3. The fourth-order valence-corrected chi connectivity index (χ4v) is 3.58. The molecular weight excluding hydrogens is 396 g/mol.